The van der Waals surface area contributed by atoms with E-state index in [1.807, 2.05) is 24.3 Å². The van der Waals surface area contributed by atoms with E-state index >= 15 is 0 Å². The van der Waals surface area contributed by atoms with E-state index in [9.17, 15) is 4.79 Å². The normalized spacial score (nSPS) is 14.7. The molecular formula is C11H11N3O. The highest BCUT2D eigenvalue weighted by molar-refractivity contribution is 6.04. The number of primary amides is 1. The van der Waals surface area contributed by atoms with Crippen molar-refractivity contribution in [2.45, 2.75) is 6.42 Å². The molecule has 0 bridgehead atoms. The Morgan fingerprint density at radius 2 is 2.07 bits per heavy atom. The number of para-hydroxylation sites is 1. The number of aliphatic imine (C=N–C) groups is 1. The van der Waals surface area contributed by atoms with Crippen LogP contribution in [-0.4, -0.2) is 11.7 Å². The van der Waals surface area contributed by atoms with Crippen molar-refractivity contribution in [3.05, 3.63) is 35.4 Å². The van der Waals surface area contributed by atoms with Crippen LogP contribution in [0, 0.1) is 0 Å². The van der Waals surface area contributed by atoms with Gasteiger partial charge in [0.25, 0.3) is 0 Å². The second kappa shape index (κ2) is 3.57. The molecule has 1 aliphatic rings. The number of hydrogen-bond donors (Lipinski definition) is 2. The third-order valence-electron chi connectivity index (χ3n) is 2.22. The van der Waals surface area contributed by atoms with Crippen LogP contribution >= 0.6 is 0 Å². The van der Waals surface area contributed by atoms with Crippen LogP contribution in [-0.2, 0) is 4.79 Å². The van der Waals surface area contributed by atoms with Gasteiger partial charge < -0.3 is 11.5 Å². The maximum absolute atomic E-state index is 11.1. The molecular weight excluding hydrogens is 190 g/mol. The van der Waals surface area contributed by atoms with Crippen LogP contribution in [0.25, 0.3) is 6.08 Å². The fraction of sp³-hybridized carbons (Fsp3) is 0.0909. The molecule has 0 spiro atoms. The summed E-state index contributed by atoms with van der Waals surface area (Å²) >= 11 is 0. The number of rotatable bonds is 1. The van der Waals surface area contributed by atoms with Gasteiger partial charge in [0.2, 0.25) is 5.91 Å². The maximum atomic E-state index is 11.1. The highest BCUT2D eigenvalue weighted by atomic mass is 16.1. The molecule has 0 aromatic heterocycles. The number of nitrogens with two attached hydrogens (primary N) is 2. The van der Waals surface area contributed by atoms with E-state index in [-0.39, 0.29) is 0 Å². The number of benzene rings is 1. The van der Waals surface area contributed by atoms with Crippen molar-refractivity contribution in [2.75, 3.05) is 0 Å². The first-order valence-electron chi connectivity index (χ1n) is 4.59. The molecule has 2 rings (SSSR count). The molecule has 1 aliphatic heterocycles. The zero-order chi connectivity index (χ0) is 10.8. The Hall–Kier alpha value is -2.10. The maximum Gasteiger partial charge on any atom is 0.245 e. The molecule has 1 amide bonds. The predicted molar refractivity (Wildman–Crippen MR) is 59.5 cm³/mol. The Morgan fingerprint density at radius 1 is 1.33 bits per heavy atom. The van der Waals surface area contributed by atoms with E-state index in [1.54, 1.807) is 6.08 Å². The quantitative estimate of drug-likeness (QED) is 0.709. The van der Waals surface area contributed by atoms with Crippen molar-refractivity contribution >= 4 is 23.5 Å². The molecule has 15 heavy (non-hydrogen) atoms. The van der Waals surface area contributed by atoms with Gasteiger partial charge >= 0.3 is 0 Å². The van der Waals surface area contributed by atoms with Crippen molar-refractivity contribution in [1.82, 2.24) is 0 Å². The van der Waals surface area contributed by atoms with Crippen LogP contribution in [0.3, 0.4) is 0 Å². The van der Waals surface area contributed by atoms with E-state index in [4.69, 9.17) is 11.5 Å². The number of hydrogen-bond acceptors (Lipinski definition) is 3. The fourth-order valence-corrected chi connectivity index (χ4v) is 1.50. The lowest BCUT2D eigenvalue weighted by molar-refractivity contribution is -0.114. The Labute approximate surface area is 87.3 Å². The molecule has 0 saturated heterocycles. The number of nitrogens with zero attached hydrogens (tertiary/aromatic N) is 1. The van der Waals surface area contributed by atoms with Gasteiger partial charge in [0.1, 0.15) is 5.84 Å². The Bertz CT molecular complexity index is 474. The number of fused-ring (bicyclic) bond motifs is 1. The van der Waals surface area contributed by atoms with Crippen LogP contribution < -0.4 is 11.5 Å². The summed E-state index contributed by atoms with van der Waals surface area (Å²) in [6.45, 7) is 0. The van der Waals surface area contributed by atoms with E-state index in [0.29, 0.717) is 17.8 Å². The van der Waals surface area contributed by atoms with Crippen molar-refractivity contribution in [2.24, 2.45) is 16.5 Å². The molecule has 0 fully saturated rings. The van der Waals surface area contributed by atoms with Crippen molar-refractivity contribution in [1.29, 1.82) is 0 Å². The van der Waals surface area contributed by atoms with Gasteiger partial charge in [-0.25, -0.2) is 4.99 Å². The number of amides is 1. The summed E-state index contributed by atoms with van der Waals surface area (Å²) in [6, 6.07) is 7.48. The number of carbonyl (C=O) groups excluding carboxylic acids is 1. The lowest BCUT2D eigenvalue weighted by atomic mass is 10.1. The average Bonchev–Trinajstić information content (AvgIpc) is 2.35. The molecule has 0 saturated carbocycles. The van der Waals surface area contributed by atoms with Crippen LogP contribution in [0.5, 0.6) is 0 Å². The Morgan fingerprint density at radius 3 is 2.80 bits per heavy atom. The highest BCUT2D eigenvalue weighted by Gasteiger charge is 2.12. The predicted octanol–water partition coefficient (Wildman–Crippen LogP) is 0.948. The molecule has 4 nitrogen and oxygen atoms in total. The average molecular weight is 201 g/mol. The molecule has 0 radical (unpaired) electrons. The van der Waals surface area contributed by atoms with Crippen LogP contribution in [0.1, 0.15) is 12.0 Å². The third-order valence-corrected chi connectivity index (χ3v) is 2.22. The molecule has 1 aromatic rings. The van der Waals surface area contributed by atoms with Gasteiger partial charge in [-0.05, 0) is 12.1 Å². The second-order valence-electron chi connectivity index (χ2n) is 3.37. The van der Waals surface area contributed by atoms with E-state index < -0.39 is 5.91 Å². The van der Waals surface area contributed by atoms with Gasteiger partial charge in [-0.3, -0.25) is 4.79 Å². The summed E-state index contributed by atoms with van der Waals surface area (Å²) in [6.07, 6.45) is 2.05. The standard InChI is InChI=1S/C11H11N3O/c12-10-6-8(11(13)15)5-7-3-1-2-4-9(7)14-10/h1-5H,6H2,(H2,12,14)(H2,13,15). The summed E-state index contributed by atoms with van der Waals surface area (Å²) in [5.41, 5.74) is 13.0. The third kappa shape index (κ3) is 1.88. The van der Waals surface area contributed by atoms with E-state index in [0.717, 1.165) is 11.3 Å². The Kier molecular flexibility index (Phi) is 2.25. The molecule has 1 aromatic carbocycles. The van der Waals surface area contributed by atoms with Gasteiger partial charge in [-0.2, -0.15) is 0 Å². The lowest BCUT2D eigenvalue weighted by Gasteiger charge is -1.98. The molecule has 4 heteroatoms. The summed E-state index contributed by atoms with van der Waals surface area (Å²) in [4.78, 5) is 15.3. The second-order valence-corrected chi connectivity index (χ2v) is 3.37. The van der Waals surface area contributed by atoms with Gasteiger partial charge in [-0.1, -0.05) is 18.2 Å². The zero-order valence-electron chi connectivity index (χ0n) is 8.10. The van der Waals surface area contributed by atoms with Crippen LogP contribution in [0.2, 0.25) is 0 Å². The van der Waals surface area contributed by atoms with E-state index in [1.165, 1.54) is 0 Å². The van der Waals surface area contributed by atoms with Crippen LogP contribution in [0.4, 0.5) is 5.69 Å². The molecule has 76 valence electrons. The number of carbonyl (C=O) groups is 1. The smallest absolute Gasteiger partial charge is 0.245 e. The number of amidine groups is 1. The minimum atomic E-state index is -0.454. The monoisotopic (exact) mass is 201 g/mol. The molecule has 0 atom stereocenters. The van der Waals surface area contributed by atoms with Gasteiger partial charge in [0.05, 0.1) is 5.69 Å². The van der Waals surface area contributed by atoms with Gasteiger partial charge in [-0.15, -0.1) is 0 Å². The molecule has 0 aliphatic carbocycles. The summed E-state index contributed by atoms with van der Waals surface area (Å²) in [5, 5.41) is 0. The van der Waals surface area contributed by atoms with Crippen LogP contribution in [0.15, 0.2) is 34.8 Å². The van der Waals surface area contributed by atoms with Crippen molar-refractivity contribution < 1.29 is 4.79 Å². The minimum Gasteiger partial charge on any atom is -0.387 e. The first kappa shape index (κ1) is 9.45. The molecule has 4 N–H and O–H groups in total. The van der Waals surface area contributed by atoms with Gasteiger partial charge in [0, 0.05) is 17.6 Å². The zero-order valence-corrected chi connectivity index (χ0v) is 8.10. The summed E-state index contributed by atoms with van der Waals surface area (Å²) < 4.78 is 0. The molecule has 1 heterocycles. The molecule has 0 unspecified atom stereocenters. The van der Waals surface area contributed by atoms with E-state index in [2.05, 4.69) is 4.99 Å². The van der Waals surface area contributed by atoms with Gasteiger partial charge in [0.15, 0.2) is 0 Å². The first-order valence-corrected chi connectivity index (χ1v) is 4.59. The highest BCUT2D eigenvalue weighted by Crippen LogP contribution is 2.25. The SMILES string of the molecule is NC(=O)C1=Cc2ccccc2N=C(N)C1. The summed E-state index contributed by atoms with van der Waals surface area (Å²) in [7, 11) is 0. The topological polar surface area (TPSA) is 81.5 Å². The summed E-state index contributed by atoms with van der Waals surface area (Å²) in [5.74, 6) is -0.0464. The Balaban J connectivity index is 2.58. The minimum absolute atomic E-state index is 0.310. The largest absolute Gasteiger partial charge is 0.387 e. The van der Waals surface area contributed by atoms with Crippen molar-refractivity contribution in [3.8, 4) is 0 Å². The fourth-order valence-electron chi connectivity index (χ4n) is 1.50. The van der Waals surface area contributed by atoms with Crippen molar-refractivity contribution in [3.63, 3.8) is 0 Å². The first-order chi connectivity index (χ1) is 7.16. The lowest BCUT2D eigenvalue weighted by Crippen LogP contribution is -2.19.